The average Bonchev–Trinajstić information content (AvgIpc) is 2.82. The second-order valence-electron chi connectivity index (χ2n) is 6.00. The van der Waals surface area contributed by atoms with E-state index in [9.17, 15) is 13.2 Å². The smallest absolute Gasteiger partial charge is 0.254 e. The Kier molecular flexibility index (Phi) is 4.52. The van der Waals surface area contributed by atoms with Crippen molar-refractivity contribution < 1.29 is 17.9 Å². The molecular formula is C16H23NO4S. The van der Waals surface area contributed by atoms with Crippen molar-refractivity contribution in [3.8, 4) is 5.75 Å². The van der Waals surface area contributed by atoms with Crippen molar-refractivity contribution in [1.29, 1.82) is 0 Å². The fourth-order valence-electron chi connectivity index (χ4n) is 3.03. The fourth-order valence-corrected chi connectivity index (χ4v) is 4.81. The van der Waals surface area contributed by atoms with Crippen molar-refractivity contribution in [3.05, 3.63) is 28.3 Å². The molecule has 0 aromatic heterocycles. The Morgan fingerprint density at radius 3 is 2.41 bits per heavy atom. The van der Waals surface area contributed by atoms with Gasteiger partial charge in [0.15, 0.2) is 9.84 Å². The largest absolute Gasteiger partial charge is 0.496 e. The predicted octanol–water partition coefficient (Wildman–Crippen LogP) is 1.88. The number of amides is 1. The number of hydrogen-bond donors (Lipinski definition) is 0. The Balaban J connectivity index is 2.34. The zero-order chi connectivity index (χ0) is 16.7. The molecule has 1 atom stereocenters. The monoisotopic (exact) mass is 325 g/mol. The van der Waals surface area contributed by atoms with Crippen molar-refractivity contribution in [2.45, 2.75) is 33.2 Å². The number of nitrogens with zero attached hydrogens (tertiary/aromatic N) is 1. The van der Waals surface area contributed by atoms with Gasteiger partial charge in [0.1, 0.15) is 5.75 Å². The number of benzene rings is 1. The molecule has 1 heterocycles. The number of sulfone groups is 1. The van der Waals surface area contributed by atoms with Crippen LogP contribution in [0.5, 0.6) is 5.75 Å². The fraction of sp³-hybridized carbons (Fsp3) is 0.562. The van der Waals surface area contributed by atoms with E-state index in [4.69, 9.17) is 4.74 Å². The third kappa shape index (κ3) is 2.97. The van der Waals surface area contributed by atoms with Gasteiger partial charge in [-0.1, -0.05) is 0 Å². The summed E-state index contributed by atoms with van der Waals surface area (Å²) in [5.74, 6) is 0.880. The lowest BCUT2D eigenvalue weighted by Crippen LogP contribution is -2.38. The summed E-state index contributed by atoms with van der Waals surface area (Å²) in [7, 11) is 0.292. The first-order valence-corrected chi connectivity index (χ1v) is 9.12. The van der Waals surface area contributed by atoms with Crippen LogP contribution in [0.25, 0.3) is 0 Å². The summed E-state index contributed by atoms with van der Waals surface area (Å²) in [6, 6.07) is 1.59. The van der Waals surface area contributed by atoms with E-state index in [1.165, 1.54) is 0 Å². The molecule has 6 heteroatoms. The van der Waals surface area contributed by atoms with E-state index in [1.807, 2.05) is 26.8 Å². The van der Waals surface area contributed by atoms with E-state index < -0.39 is 9.84 Å². The lowest BCUT2D eigenvalue weighted by Gasteiger charge is -2.25. The van der Waals surface area contributed by atoms with Gasteiger partial charge >= 0.3 is 0 Å². The van der Waals surface area contributed by atoms with Crippen LogP contribution in [-0.4, -0.2) is 50.9 Å². The summed E-state index contributed by atoms with van der Waals surface area (Å²) in [5, 5.41) is 0. The molecule has 0 bridgehead atoms. The summed E-state index contributed by atoms with van der Waals surface area (Å²) in [5.41, 5.74) is 3.34. The van der Waals surface area contributed by atoms with Crippen LogP contribution in [0.2, 0.25) is 0 Å². The topological polar surface area (TPSA) is 63.7 Å². The molecule has 1 aliphatic heterocycles. The Labute approximate surface area is 132 Å². The molecule has 0 radical (unpaired) electrons. The molecule has 0 saturated carbocycles. The molecule has 1 saturated heterocycles. The quantitative estimate of drug-likeness (QED) is 0.851. The first-order valence-electron chi connectivity index (χ1n) is 7.30. The maximum Gasteiger partial charge on any atom is 0.254 e. The molecule has 1 aromatic rings. The van der Waals surface area contributed by atoms with Crippen molar-refractivity contribution in [2.24, 2.45) is 0 Å². The minimum atomic E-state index is -3.01. The third-order valence-electron chi connectivity index (χ3n) is 4.54. The van der Waals surface area contributed by atoms with Gasteiger partial charge in [-0.2, -0.15) is 0 Å². The minimum absolute atomic E-state index is 0.0579. The zero-order valence-electron chi connectivity index (χ0n) is 13.8. The van der Waals surface area contributed by atoms with Gasteiger partial charge in [-0.05, 0) is 49.9 Å². The average molecular weight is 325 g/mol. The van der Waals surface area contributed by atoms with E-state index in [1.54, 1.807) is 19.1 Å². The highest BCUT2D eigenvalue weighted by Crippen LogP contribution is 2.30. The molecular weight excluding hydrogens is 302 g/mol. The number of carbonyl (C=O) groups excluding carboxylic acids is 1. The van der Waals surface area contributed by atoms with Crippen LogP contribution in [0.4, 0.5) is 0 Å². The highest BCUT2D eigenvalue weighted by atomic mass is 32.2. The van der Waals surface area contributed by atoms with Gasteiger partial charge in [0.25, 0.3) is 5.91 Å². The van der Waals surface area contributed by atoms with Crippen molar-refractivity contribution in [2.75, 3.05) is 25.7 Å². The third-order valence-corrected chi connectivity index (χ3v) is 6.29. The van der Waals surface area contributed by atoms with E-state index in [2.05, 4.69) is 0 Å². The number of rotatable bonds is 3. The first kappa shape index (κ1) is 16.8. The normalized spacial score (nSPS) is 20.0. The number of aryl methyl sites for hydroxylation is 1. The SMILES string of the molecule is COc1c(C)cc(C(=O)N(C)C2CCS(=O)(=O)C2)c(C)c1C. The molecule has 0 spiro atoms. The molecule has 1 aromatic carbocycles. The van der Waals surface area contributed by atoms with Crippen LogP contribution in [0.1, 0.15) is 33.5 Å². The van der Waals surface area contributed by atoms with Gasteiger partial charge in [-0.3, -0.25) is 4.79 Å². The van der Waals surface area contributed by atoms with E-state index >= 15 is 0 Å². The molecule has 22 heavy (non-hydrogen) atoms. The van der Waals surface area contributed by atoms with Gasteiger partial charge in [0.2, 0.25) is 0 Å². The van der Waals surface area contributed by atoms with Gasteiger partial charge in [0, 0.05) is 18.7 Å². The number of hydrogen-bond acceptors (Lipinski definition) is 4. The molecule has 0 aliphatic carbocycles. The standard InChI is InChI=1S/C16H23NO4S/c1-10-8-14(11(2)12(3)15(10)21-5)16(18)17(4)13-6-7-22(19,20)9-13/h8,13H,6-7,9H2,1-5H3. The highest BCUT2D eigenvalue weighted by molar-refractivity contribution is 7.91. The van der Waals surface area contributed by atoms with Crippen LogP contribution < -0.4 is 4.74 Å². The van der Waals surface area contributed by atoms with Crippen LogP contribution >= 0.6 is 0 Å². The lowest BCUT2D eigenvalue weighted by atomic mass is 9.97. The van der Waals surface area contributed by atoms with Crippen molar-refractivity contribution in [3.63, 3.8) is 0 Å². The number of carbonyl (C=O) groups is 1. The molecule has 1 amide bonds. The summed E-state index contributed by atoms with van der Waals surface area (Å²) in [6.07, 6.45) is 0.512. The summed E-state index contributed by atoms with van der Waals surface area (Å²) < 4.78 is 28.6. The molecule has 122 valence electrons. The molecule has 1 unspecified atom stereocenters. The molecule has 0 N–H and O–H groups in total. The maximum atomic E-state index is 12.8. The van der Waals surface area contributed by atoms with Gasteiger partial charge < -0.3 is 9.64 Å². The Morgan fingerprint density at radius 1 is 1.27 bits per heavy atom. The van der Waals surface area contributed by atoms with Gasteiger partial charge in [0.05, 0.1) is 18.6 Å². The molecule has 1 aliphatic rings. The molecule has 1 fully saturated rings. The maximum absolute atomic E-state index is 12.8. The Hall–Kier alpha value is -1.56. The summed E-state index contributed by atoms with van der Waals surface area (Å²) in [6.45, 7) is 5.73. The number of ether oxygens (including phenoxy) is 1. The van der Waals surface area contributed by atoms with Crippen LogP contribution in [0.3, 0.4) is 0 Å². The minimum Gasteiger partial charge on any atom is -0.496 e. The lowest BCUT2D eigenvalue weighted by molar-refractivity contribution is 0.0746. The van der Waals surface area contributed by atoms with Crippen LogP contribution in [0, 0.1) is 20.8 Å². The second-order valence-corrected chi connectivity index (χ2v) is 8.23. The summed E-state index contributed by atoms with van der Waals surface area (Å²) in [4.78, 5) is 14.3. The first-order chi connectivity index (χ1) is 10.2. The summed E-state index contributed by atoms with van der Waals surface area (Å²) >= 11 is 0. The second kappa shape index (κ2) is 5.91. The van der Waals surface area contributed by atoms with E-state index in [0.717, 1.165) is 22.4 Å². The van der Waals surface area contributed by atoms with Gasteiger partial charge in [-0.15, -0.1) is 0 Å². The van der Waals surface area contributed by atoms with Crippen molar-refractivity contribution in [1.82, 2.24) is 4.90 Å². The molecule has 5 nitrogen and oxygen atoms in total. The van der Waals surface area contributed by atoms with Crippen LogP contribution in [-0.2, 0) is 9.84 Å². The van der Waals surface area contributed by atoms with Gasteiger partial charge in [-0.25, -0.2) is 8.42 Å². The number of methoxy groups -OCH3 is 1. The Bertz CT molecular complexity index is 709. The van der Waals surface area contributed by atoms with E-state index in [0.29, 0.717) is 12.0 Å². The van der Waals surface area contributed by atoms with Crippen LogP contribution in [0.15, 0.2) is 6.07 Å². The van der Waals surface area contributed by atoms with Crippen molar-refractivity contribution >= 4 is 15.7 Å². The highest BCUT2D eigenvalue weighted by Gasteiger charge is 2.33. The molecule has 2 rings (SSSR count). The Morgan fingerprint density at radius 2 is 1.91 bits per heavy atom. The zero-order valence-corrected chi connectivity index (χ0v) is 14.6. The van der Waals surface area contributed by atoms with E-state index in [-0.39, 0.29) is 23.5 Å². The predicted molar refractivity (Wildman–Crippen MR) is 86.4 cm³/mol.